The first-order valence-electron chi connectivity index (χ1n) is 6.01. The van der Waals surface area contributed by atoms with Gasteiger partial charge >= 0.3 is 11.9 Å². The van der Waals surface area contributed by atoms with Gasteiger partial charge in [-0.25, -0.2) is 9.59 Å². The first kappa shape index (κ1) is 14.5. The smallest absolute Gasteiger partial charge is 0.375 e. The Morgan fingerprint density at radius 3 is 2.57 bits per heavy atom. The van der Waals surface area contributed by atoms with Gasteiger partial charge in [0.15, 0.2) is 6.10 Å². The van der Waals surface area contributed by atoms with E-state index in [1.165, 1.54) is 24.3 Å². The molecule has 8 nitrogen and oxygen atoms in total. The number of benzene rings is 1. The summed E-state index contributed by atoms with van der Waals surface area (Å²) in [6.07, 6.45) is -1.14. The van der Waals surface area contributed by atoms with Gasteiger partial charge in [-0.1, -0.05) is 0 Å². The number of nitro groups is 1. The molecular weight excluding hydrogens is 282 g/mol. The molecule has 21 heavy (non-hydrogen) atoms. The van der Waals surface area contributed by atoms with E-state index in [0.717, 1.165) is 0 Å². The molecule has 0 saturated heterocycles. The maximum Gasteiger partial charge on any atom is 0.375 e. The highest BCUT2D eigenvalue weighted by Crippen LogP contribution is 2.35. The van der Waals surface area contributed by atoms with Crippen molar-refractivity contribution in [3.63, 3.8) is 0 Å². The first-order chi connectivity index (χ1) is 9.95. The number of nitrogens with zero attached hydrogens (tertiary/aromatic N) is 1. The molecule has 1 heterocycles. The number of rotatable bonds is 4. The lowest BCUT2D eigenvalue weighted by Crippen LogP contribution is -2.14. The Bertz CT molecular complexity index is 632. The highest BCUT2D eigenvalue weighted by atomic mass is 16.6. The molecule has 1 aromatic carbocycles. The van der Waals surface area contributed by atoms with Crippen molar-refractivity contribution in [1.82, 2.24) is 0 Å². The quantitative estimate of drug-likeness (QED) is 0.508. The number of nitro benzene ring substituents is 1. The van der Waals surface area contributed by atoms with Gasteiger partial charge in [0.25, 0.3) is 5.69 Å². The lowest BCUT2D eigenvalue weighted by atomic mass is 10.0. The van der Waals surface area contributed by atoms with E-state index in [2.05, 4.69) is 0 Å². The second kappa shape index (κ2) is 5.61. The lowest BCUT2D eigenvalue weighted by molar-refractivity contribution is -0.384. The van der Waals surface area contributed by atoms with Crippen LogP contribution in [0.1, 0.15) is 18.6 Å². The Morgan fingerprint density at radius 1 is 1.43 bits per heavy atom. The predicted octanol–water partition coefficient (Wildman–Crippen LogP) is 1.57. The zero-order valence-electron chi connectivity index (χ0n) is 10.9. The fourth-order valence-electron chi connectivity index (χ4n) is 1.87. The van der Waals surface area contributed by atoms with Crippen LogP contribution in [0.15, 0.2) is 35.6 Å². The van der Waals surface area contributed by atoms with Crippen LogP contribution in [0.3, 0.4) is 0 Å². The van der Waals surface area contributed by atoms with Crippen LogP contribution in [0.4, 0.5) is 5.69 Å². The minimum atomic E-state index is -1.14. The van der Waals surface area contributed by atoms with Crippen molar-refractivity contribution >= 4 is 17.6 Å². The summed E-state index contributed by atoms with van der Waals surface area (Å²) >= 11 is 0. The molecule has 1 N–H and O–H groups in total. The van der Waals surface area contributed by atoms with Crippen molar-refractivity contribution in [2.45, 2.75) is 13.0 Å². The lowest BCUT2D eigenvalue weighted by Gasteiger charge is -2.12. The third-order valence-electron chi connectivity index (χ3n) is 2.84. The van der Waals surface area contributed by atoms with Crippen molar-refractivity contribution in [2.75, 3.05) is 6.61 Å². The number of non-ortho nitro benzene ring substituents is 1. The summed E-state index contributed by atoms with van der Waals surface area (Å²) in [4.78, 5) is 33.2. The highest BCUT2D eigenvalue weighted by molar-refractivity contribution is 6.02. The summed E-state index contributed by atoms with van der Waals surface area (Å²) in [6, 6.07) is 5.10. The van der Waals surface area contributed by atoms with Crippen LogP contribution < -0.4 is 0 Å². The average Bonchev–Trinajstić information content (AvgIpc) is 2.75. The molecule has 0 radical (unpaired) electrons. The van der Waals surface area contributed by atoms with Crippen molar-refractivity contribution in [3.05, 3.63) is 51.3 Å². The van der Waals surface area contributed by atoms with Crippen LogP contribution in [0.2, 0.25) is 0 Å². The number of cyclic esters (lactones) is 1. The summed E-state index contributed by atoms with van der Waals surface area (Å²) in [7, 11) is 0. The van der Waals surface area contributed by atoms with Gasteiger partial charge in [-0.3, -0.25) is 10.1 Å². The van der Waals surface area contributed by atoms with E-state index in [9.17, 15) is 24.8 Å². The SMILES string of the molecule is CCOC(=O)C1=C(O)C(=O)O[C@@H]1c1ccc([N+](=O)[O-])cc1. The van der Waals surface area contributed by atoms with E-state index in [0.29, 0.717) is 5.56 Å². The van der Waals surface area contributed by atoms with Gasteiger partial charge in [-0.15, -0.1) is 0 Å². The molecule has 8 heteroatoms. The molecule has 0 aliphatic carbocycles. The van der Waals surface area contributed by atoms with Crippen molar-refractivity contribution < 1.29 is 29.1 Å². The average molecular weight is 293 g/mol. The Labute approximate surface area is 118 Å². The molecule has 0 bridgehead atoms. The van der Waals surface area contributed by atoms with E-state index >= 15 is 0 Å². The highest BCUT2D eigenvalue weighted by Gasteiger charge is 2.40. The number of aliphatic hydroxyl groups is 1. The van der Waals surface area contributed by atoms with E-state index < -0.39 is 28.7 Å². The van der Waals surface area contributed by atoms with Gasteiger partial charge in [0.1, 0.15) is 5.57 Å². The number of hydrogen-bond donors (Lipinski definition) is 1. The number of aliphatic hydroxyl groups excluding tert-OH is 1. The van der Waals surface area contributed by atoms with E-state index in [-0.39, 0.29) is 17.9 Å². The molecule has 1 aliphatic rings. The summed E-state index contributed by atoms with van der Waals surface area (Å²) in [6.45, 7) is 1.64. The van der Waals surface area contributed by atoms with E-state index in [1.54, 1.807) is 6.92 Å². The van der Waals surface area contributed by atoms with Gasteiger partial charge in [-0.2, -0.15) is 0 Å². The van der Waals surface area contributed by atoms with Gasteiger partial charge < -0.3 is 14.6 Å². The fourth-order valence-corrected chi connectivity index (χ4v) is 1.87. The van der Waals surface area contributed by atoms with Crippen LogP contribution in [0.25, 0.3) is 0 Å². The van der Waals surface area contributed by atoms with Crippen LogP contribution >= 0.6 is 0 Å². The summed E-state index contributed by atoms with van der Waals surface area (Å²) in [5.74, 6) is -2.72. The Hall–Kier alpha value is -2.90. The summed E-state index contributed by atoms with van der Waals surface area (Å²) < 4.78 is 9.67. The van der Waals surface area contributed by atoms with Crippen molar-refractivity contribution in [3.8, 4) is 0 Å². The molecule has 0 aromatic heterocycles. The molecule has 1 aliphatic heterocycles. The topological polar surface area (TPSA) is 116 Å². The molecule has 1 atom stereocenters. The minimum absolute atomic E-state index is 0.0663. The van der Waals surface area contributed by atoms with Crippen LogP contribution in [-0.2, 0) is 19.1 Å². The number of hydrogen-bond acceptors (Lipinski definition) is 7. The second-order valence-electron chi connectivity index (χ2n) is 4.12. The zero-order valence-corrected chi connectivity index (χ0v) is 10.9. The second-order valence-corrected chi connectivity index (χ2v) is 4.12. The standard InChI is InChI=1S/C13H11NO7/c1-2-20-12(16)9-10(15)13(17)21-11(9)7-3-5-8(6-4-7)14(18)19/h3-6,11,15H,2H2,1H3/t11-/m1/s1. The maximum absolute atomic E-state index is 11.8. The van der Waals surface area contributed by atoms with Crippen LogP contribution in [0.5, 0.6) is 0 Å². The Balaban J connectivity index is 2.36. The molecule has 0 amide bonds. The molecule has 110 valence electrons. The normalized spacial score (nSPS) is 17.6. The monoisotopic (exact) mass is 293 g/mol. The summed E-state index contributed by atoms with van der Waals surface area (Å²) in [5, 5.41) is 20.2. The third kappa shape index (κ3) is 2.69. The van der Waals surface area contributed by atoms with Gasteiger partial charge in [0.05, 0.1) is 11.5 Å². The van der Waals surface area contributed by atoms with Gasteiger partial charge in [0, 0.05) is 12.1 Å². The predicted molar refractivity (Wildman–Crippen MR) is 68.2 cm³/mol. The number of carbonyl (C=O) groups excluding carboxylic acids is 2. The molecule has 0 fully saturated rings. The largest absolute Gasteiger partial charge is 0.501 e. The van der Waals surface area contributed by atoms with Crippen molar-refractivity contribution in [2.24, 2.45) is 0 Å². The molecule has 0 spiro atoms. The molecular formula is C13H11NO7. The van der Waals surface area contributed by atoms with Crippen LogP contribution in [-0.4, -0.2) is 28.6 Å². The minimum Gasteiger partial charge on any atom is -0.501 e. The third-order valence-corrected chi connectivity index (χ3v) is 2.84. The molecule has 1 aromatic rings. The van der Waals surface area contributed by atoms with Gasteiger partial charge in [0.2, 0.25) is 5.76 Å². The first-order valence-corrected chi connectivity index (χ1v) is 6.01. The van der Waals surface area contributed by atoms with E-state index in [4.69, 9.17) is 9.47 Å². The molecule has 2 rings (SSSR count). The maximum atomic E-state index is 11.8. The summed E-state index contributed by atoms with van der Waals surface area (Å²) in [5.41, 5.74) is -0.134. The number of ether oxygens (including phenoxy) is 2. The number of carbonyl (C=O) groups is 2. The fraction of sp³-hybridized carbons (Fsp3) is 0.231. The van der Waals surface area contributed by atoms with Gasteiger partial charge in [-0.05, 0) is 24.6 Å². The zero-order chi connectivity index (χ0) is 15.6. The van der Waals surface area contributed by atoms with Crippen molar-refractivity contribution in [1.29, 1.82) is 0 Å². The van der Waals surface area contributed by atoms with E-state index in [1.807, 2.05) is 0 Å². The number of esters is 2. The Kier molecular flexibility index (Phi) is 3.88. The molecule has 0 saturated carbocycles. The Morgan fingerprint density at radius 2 is 2.05 bits per heavy atom. The molecule has 0 unspecified atom stereocenters. The van der Waals surface area contributed by atoms with Crippen LogP contribution in [0, 0.1) is 10.1 Å².